The van der Waals surface area contributed by atoms with Gasteiger partial charge in [0.05, 0.1) is 0 Å². The number of urea groups is 1. The molecule has 1 aromatic heterocycles. The number of halogens is 1. The number of amides is 3. The van der Waals surface area contributed by atoms with Gasteiger partial charge in [0, 0.05) is 30.1 Å². The molecule has 2 unspecified atom stereocenters. The molecule has 1 saturated heterocycles. The van der Waals surface area contributed by atoms with Crippen LogP contribution >= 0.6 is 0 Å². The largest absolute Gasteiger partial charge is 0.508 e. The number of nitrogens with zero attached hydrogens (tertiary/aromatic N) is 2. The summed E-state index contributed by atoms with van der Waals surface area (Å²) in [5.41, 5.74) is 3.20. The van der Waals surface area contributed by atoms with Crippen molar-refractivity contribution < 1.29 is 19.1 Å². The monoisotopic (exact) mass is 379 g/mol. The van der Waals surface area contributed by atoms with E-state index >= 15 is 0 Å². The summed E-state index contributed by atoms with van der Waals surface area (Å²) in [5, 5.41) is 10.4. The maximum atomic E-state index is 15.0. The van der Waals surface area contributed by atoms with E-state index in [0.29, 0.717) is 33.3 Å². The minimum absolute atomic E-state index is 0.0608. The number of aryl methyl sites for hydroxylation is 1. The van der Waals surface area contributed by atoms with Gasteiger partial charge in [-0.2, -0.15) is 0 Å². The minimum Gasteiger partial charge on any atom is -0.508 e. The maximum absolute atomic E-state index is 15.0. The molecule has 2 atom stereocenters. The highest BCUT2D eigenvalue weighted by atomic mass is 19.1. The van der Waals surface area contributed by atoms with Crippen molar-refractivity contribution in [3.63, 3.8) is 0 Å². The van der Waals surface area contributed by atoms with Crippen molar-refractivity contribution in [2.75, 3.05) is 7.05 Å². The lowest BCUT2D eigenvalue weighted by molar-refractivity contribution is -0.127. The van der Waals surface area contributed by atoms with Crippen molar-refractivity contribution in [3.05, 3.63) is 64.6 Å². The Morgan fingerprint density at radius 3 is 2.75 bits per heavy atom. The Morgan fingerprint density at radius 1 is 1.21 bits per heavy atom. The van der Waals surface area contributed by atoms with Crippen LogP contribution in [0.5, 0.6) is 5.75 Å². The topological polar surface area (TPSA) is 76.6 Å². The normalized spacial score (nSPS) is 21.4. The van der Waals surface area contributed by atoms with Crippen LogP contribution in [-0.2, 0) is 11.2 Å². The van der Waals surface area contributed by atoms with Crippen LogP contribution in [0.4, 0.5) is 9.18 Å². The number of carbonyl (C=O) groups is 2. The number of benzene rings is 2. The summed E-state index contributed by atoms with van der Waals surface area (Å²) < 4.78 is 15.0. The number of aromatic nitrogens is 1. The molecule has 0 aliphatic carbocycles. The molecule has 3 heterocycles. The van der Waals surface area contributed by atoms with Gasteiger partial charge in [0.25, 0.3) is 5.91 Å². The lowest BCUT2D eigenvalue weighted by Crippen LogP contribution is -2.44. The molecule has 6 nitrogen and oxygen atoms in total. The number of imide groups is 1. The van der Waals surface area contributed by atoms with Crippen molar-refractivity contribution in [3.8, 4) is 5.75 Å². The number of hydrogen-bond acceptors (Lipinski definition) is 3. The van der Waals surface area contributed by atoms with E-state index in [1.54, 1.807) is 37.3 Å². The molecular weight excluding hydrogens is 361 g/mol. The number of H-pyrrole nitrogens is 1. The summed E-state index contributed by atoms with van der Waals surface area (Å²) in [4.78, 5) is 31.5. The van der Waals surface area contributed by atoms with Crippen molar-refractivity contribution >= 4 is 22.8 Å². The minimum atomic E-state index is -0.698. The Balaban J connectivity index is 1.82. The van der Waals surface area contributed by atoms with Crippen LogP contribution in [-0.4, -0.2) is 44.9 Å². The molecule has 1 fully saturated rings. The van der Waals surface area contributed by atoms with Crippen LogP contribution in [0.2, 0.25) is 0 Å². The first-order valence-corrected chi connectivity index (χ1v) is 9.07. The molecule has 5 rings (SSSR count). The Hall–Kier alpha value is -3.35. The van der Waals surface area contributed by atoms with Gasteiger partial charge in [0.1, 0.15) is 23.7 Å². The number of nitrogens with one attached hydrogen (secondary N) is 1. The second-order valence-electron chi connectivity index (χ2n) is 7.44. The van der Waals surface area contributed by atoms with Gasteiger partial charge in [-0.25, -0.2) is 9.18 Å². The number of fused-ring (bicyclic) bond motifs is 4. The predicted molar refractivity (Wildman–Crippen MR) is 100 cm³/mol. The molecule has 0 saturated carbocycles. The van der Waals surface area contributed by atoms with E-state index < -0.39 is 18.1 Å². The molecule has 3 amide bonds. The van der Waals surface area contributed by atoms with Crippen LogP contribution in [0.3, 0.4) is 0 Å². The number of likely N-dealkylation sites (N-methyl/N-ethyl adjacent to an activating group) is 1. The summed E-state index contributed by atoms with van der Waals surface area (Å²) in [7, 11) is 1.46. The fraction of sp³-hybridized carbons (Fsp3) is 0.238. The molecule has 2 aromatic carbocycles. The average molecular weight is 379 g/mol. The van der Waals surface area contributed by atoms with Crippen molar-refractivity contribution in [2.45, 2.75) is 25.4 Å². The molecule has 28 heavy (non-hydrogen) atoms. The second kappa shape index (κ2) is 5.58. The second-order valence-corrected chi connectivity index (χ2v) is 7.44. The number of aromatic hydroxyl groups is 1. The smallest absolute Gasteiger partial charge is 0.328 e. The van der Waals surface area contributed by atoms with Gasteiger partial charge in [-0.3, -0.25) is 14.6 Å². The average Bonchev–Trinajstić information content (AvgIpc) is 3.15. The Morgan fingerprint density at radius 2 is 2.00 bits per heavy atom. The number of hydrogen-bond donors (Lipinski definition) is 2. The summed E-state index contributed by atoms with van der Waals surface area (Å²) in [6.45, 7) is 1.70. The molecule has 0 radical (unpaired) electrons. The molecule has 0 bridgehead atoms. The van der Waals surface area contributed by atoms with Gasteiger partial charge in [-0.15, -0.1) is 0 Å². The van der Waals surface area contributed by atoms with Gasteiger partial charge in [0.15, 0.2) is 0 Å². The molecule has 3 aromatic rings. The van der Waals surface area contributed by atoms with Crippen molar-refractivity contribution in [1.29, 1.82) is 0 Å². The van der Waals surface area contributed by atoms with Crippen molar-refractivity contribution in [2.24, 2.45) is 0 Å². The Bertz CT molecular complexity index is 1170. The summed E-state index contributed by atoms with van der Waals surface area (Å²) in [6, 6.07) is 8.39. The first kappa shape index (κ1) is 16.8. The van der Waals surface area contributed by atoms with E-state index in [1.807, 2.05) is 6.07 Å². The summed E-state index contributed by atoms with van der Waals surface area (Å²) >= 11 is 0. The zero-order valence-corrected chi connectivity index (χ0v) is 15.4. The lowest BCUT2D eigenvalue weighted by Gasteiger charge is -2.36. The Labute approximate surface area is 160 Å². The molecule has 0 spiro atoms. The van der Waals surface area contributed by atoms with Crippen LogP contribution in [0.25, 0.3) is 10.9 Å². The lowest BCUT2D eigenvalue weighted by atomic mass is 9.88. The zero-order valence-electron chi connectivity index (χ0n) is 15.4. The summed E-state index contributed by atoms with van der Waals surface area (Å²) in [6.07, 6.45) is 0.250. The SMILES string of the molecule is Cc1ccc2[nH]c3c(c2c1F)CC1C(=O)N(C)C(=O)N1C3c1cccc(O)c1. The van der Waals surface area contributed by atoms with Crippen LogP contribution < -0.4 is 0 Å². The molecule has 2 aliphatic heterocycles. The number of aromatic amines is 1. The fourth-order valence-corrected chi connectivity index (χ4v) is 4.45. The maximum Gasteiger partial charge on any atom is 0.328 e. The highest BCUT2D eigenvalue weighted by Gasteiger charge is 2.51. The predicted octanol–water partition coefficient (Wildman–Crippen LogP) is 3.23. The first-order chi connectivity index (χ1) is 13.4. The third-order valence-electron chi connectivity index (χ3n) is 5.83. The van der Waals surface area contributed by atoms with E-state index in [-0.39, 0.29) is 23.9 Å². The zero-order chi connectivity index (χ0) is 19.7. The van der Waals surface area contributed by atoms with Crippen LogP contribution in [0, 0.1) is 12.7 Å². The molecule has 2 N–H and O–H groups in total. The highest BCUT2D eigenvalue weighted by molar-refractivity contribution is 6.05. The van der Waals surface area contributed by atoms with Gasteiger partial charge >= 0.3 is 6.03 Å². The molecular formula is C21H18FN3O3. The van der Waals surface area contributed by atoms with Crippen LogP contribution in [0.15, 0.2) is 36.4 Å². The van der Waals surface area contributed by atoms with Crippen molar-refractivity contribution in [1.82, 2.24) is 14.8 Å². The fourth-order valence-electron chi connectivity index (χ4n) is 4.45. The quantitative estimate of drug-likeness (QED) is 0.638. The number of carbonyl (C=O) groups excluding carboxylic acids is 2. The van der Waals surface area contributed by atoms with Gasteiger partial charge < -0.3 is 10.1 Å². The standard InChI is InChI=1S/C21H18FN3O3/c1-10-6-7-14-16(17(10)22)13-9-15-20(27)24(2)21(28)25(15)19(18(13)23-14)11-4-3-5-12(26)8-11/h3-8,15,19,23,26H,9H2,1-2H3. The van der Waals surface area contributed by atoms with Gasteiger partial charge in [-0.1, -0.05) is 18.2 Å². The number of phenols is 1. The van der Waals surface area contributed by atoms with Gasteiger partial charge in [0.2, 0.25) is 0 Å². The van der Waals surface area contributed by atoms with Crippen LogP contribution in [0.1, 0.15) is 28.4 Å². The van der Waals surface area contributed by atoms with E-state index in [9.17, 15) is 19.1 Å². The molecule has 2 aliphatic rings. The number of phenolic OH excluding ortho intramolecular Hbond substituents is 1. The third-order valence-corrected chi connectivity index (χ3v) is 5.83. The molecule has 7 heteroatoms. The van der Waals surface area contributed by atoms with Gasteiger partial charge in [-0.05, 0) is 41.8 Å². The van der Waals surface area contributed by atoms with E-state index in [1.165, 1.54) is 11.9 Å². The molecule has 142 valence electrons. The number of rotatable bonds is 1. The third kappa shape index (κ3) is 2.07. The first-order valence-electron chi connectivity index (χ1n) is 9.07. The van der Waals surface area contributed by atoms with E-state index in [0.717, 1.165) is 4.90 Å². The Kier molecular flexibility index (Phi) is 3.34. The summed E-state index contributed by atoms with van der Waals surface area (Å²) in [5.74, 6) is -0.558. The van der Waals surface area contributed by atoms with E-state index in [2.05, 4.69) is 4.98 Å². The highest BCUT2D eigenvalue weighted by Crippen LogP contribution is 2.44. The van der Waals surface area contributed by atoms with E-state index in [4.69, 9.17) is 0 Å².